The summed E-state index contributed by atoms with van der Waals surface area (Å²) in [7, 11) is -3.26. The minimum Gasteiger partial charge on any atom is -0.326 e. The van der Waals surface area contributed by atoms with Gasteiger partial charge in [-0.1, -0.05) is 12.8 Å². The number of aryl methyl sites for hydroxylation is 1. The van der Waals surface area contributed by atoms with Gasteiger partial charge in [-0.25, -0.2) is 13.1 Å². The highest BCUT2D eigenvalue weighted by molar-refractivity contribution is 7.89. The van der Waals surface area contributed by atoms with E-state index in [1.54, 1.807) is 12.4 Å². The molecular formula is C13H21N3O2S. The number of pyridine rings is 1. The lowest BCUT2D eigenvalue weighted by atomic mass is 9.92. The molecule has 19 heavy (non-hydrogen) atoms. The van der Waals surface area contributed by atoms with Crippen LogP contribution in [0.1, 0.15) is 31.2 Å². The van der Waals surface area contributed by atoms with Crippen molar-refractivity contribution in [3.63, 3.8) is 0 Å². The predicted octanol–water partition coefficient (Wildman–Crippen LogP) is 0.813. The summed E-state index contributed by atoms with van der Waals surface area (Å²) in [5.41, 5.74) is 6.94. The Hall–Kier alpha value is -0.980. The molecule has 6 heteroatoms. The van der Waals surface area contributed by atoms with Crippen LogP contribution in [-0.4, -0.2) is 31.2 Å². The Morgan fingerprint density at radius 2 is 1.95 bits per heavy atom. The van der Waals surface area contributed by atoms with Crippen LogP contribution in [0.4, 0.5) is 0 Å². The Kier molecular flexibility index (Phi) is 4.90. The van der Waals surface area contributed by atoms with Crippen molar-refractivity contribution in [3.05, 3.63) is 30.1 Å². The van der Waals surface area contributed by atoms with Gasteiger partial charge in [0.15, 0.2) is 0 Å². The molecule has 0 radical (unpaired) electrons. The maximum atomic E-state index is 12.0. The zero-order valence-electron chi connectivity index (χ0n) is 11.0. The van der Waals surface area contributed by atoms with E-state index >= 15 is 0 Å². The summed E-state index contributed by atoms with van der Waals surface area (Å²) < 4.78 is 26.8. The first-order chi connectivity index (χ1) is 9.07. The Morgan fingerprint density at radius 3 is 2.63 bits per heavy atom. The molecule has 1 saturated carbocycles. The van der Waals surface area contributed by atoms with Crippen molar-refractivity contribution < 1.29 is 8.42 Å². The molecule has 1 aliphatic carbocycles. The number of nitrogens with one attached hydrogen (secondary N) is 1. The minimum atomic E-state index is -3.26. The number of hydrogen-bond acceptors (Lipinski definition) is 4. The molecule has 5 nitrogen and oxygen atoms in total. The van der Waals surface area contributed by atoms with Gasteiger partial charge in [0.2, 0.25) is 10.0 Å². The van der Waals surface area contributed by atoms with Crippen LogP contribution in [0.25, 0.3) is 0 Å². The SMILES string of the molecule is N[C@@H]1CCCC[C@H]1NS(=O)(=O)CCc1ccncc1. The predicted molar refractivity (Wildman–Crippen MR) is 75.1 cm³/mol. The average molecular weight is 283 g/mol. The highest BCUT2D eigenvalue weighted by Crippen LogP contribution is 2.17. The van der Waals surface area contributed by atoms with E-state index in [9.17, 15) is 8.42 Å². The van der Waals surface area contributed by atoms with E-state index in [1.165, 1.54) is 0 Å². The zero-order chi connectivity index (χ0) is 13.7. The normalized spacial score (nSPS) is 24.3. The molecule has 1 fully saturated rings. The number of aromatic nitrogens is 1. The van der Waals surface area contributed by atoms with Crippen LogP contribution in [0.5, 0.6) is 0 Å². The molecule has 0 saturated heterocycles. The van der Waals surface area contributed by atoms with E-state index in [0.717, 1.165) is 31.2 Å². The molecule has 0 unspecified atom stereocenters. The summed E-state index contributed by atoms with van der Waals surface area (Å²) in [6.45, 7) is 0. The van der Waals surface area contributed by atoms with Crippen LogP contribution in [0.15, 0.2) is 24.5 Å². The second kappa shape index (κ2) is 6.45. The summed E-state index contributed by atoms with van der Waals surface area (Å²) in [4.78, 5) is 3.91. The molecule has 1 aromatic heterocycles. The molecular weight excluding hydrogens is 262 g/mol. The van der Waals surface area contributed by atoms with Crippen LogP contribution < -0.4 is 10.5 Å². The smallest absolute Gasteiger partial charge is 0.212 e. The summed E-state index contributed by atoms with van der Waals surface area (Å²) in [5, 5.41) is 0. The van der Waals surface area contributed by atoms with Crippen LogP contribution >= 0.6 is 0 Å². The molecule has 1 aliphatic rings. The van der Waals surface area contributed by atoms with Gasteiger partial charge in [-0.15, -0.1) is 0 Å². The number of rotatable bonds is 5. The Labute approximate surface area is 114 Å². The fourth-order valence-corrected chi connectivity index (χ4v) is 3.77. The molecule has 0 aromatic carbocycles. The second-order valence-corrected chi connectivity index (χ2v) is 6.97. The Morgan fingerprint density at radius 1 is 1.26 bits per heavy atom. The van der Waals surface area contributed by atoms with Gasteiger partial charge in [-0.2, -0.15) is 0 Å². The van der Waals surface area contributed by atoms with Gasteiger partial charge in [0, 0.05) is 24.5 Å². The van der Waals surface area contributed by atoms with E-state index in [1.807, 2.05) is 12.1 Å². The molecule has 0 aliphatic heterocycles. The molecule has 106 valence electrons. The highest BCUT2D eigenvalue weighted by atomic mass is 32.2. The summed E-state index contributed by atoms with van der Waals surface area (Å²) in [5.74, 6) is 0.0975. The molecule has 0 bridgehead atoms. The fraction of sp³-hybridized carbons (Fsp3) is 0.615. The zero-order valence-corrected chi connectivity index (χ0v) is 11.8. The summed E-state index contributed by atoms with van der Waals surface area (Å²) in [6, 6.07) is 3.52. The molecule has 2 atom stereocenters. The van der Waals surface area contributed by atoms with Crippen molar-refractivity contribution in [1.29, 1.82) is 0 Å². The maximum Gasteiger partial charge on any atom is 0.212 e. The first-order valence-electron chi connectivity index (χ1n) is 6.71. The lowest BCUT2D eigenvalue weighted by molar-refractivity contribution is 0.361. The van der Waals surface area contributed by atoms with E-state index < -0.39 is 10.0 Å². The van der Waals surface area contributed by atoms with Crippen LogP contribution in [0.2, 0.25) is 0 Å². The Balaban J connectivity index is 1.88. The molecule has 3 N–H and O–H groups in total. The second-order valence-electron chi connectivity index (χ2n) is 5.10. The highest BCUT2D eigenvalue weighted by Gasteiger charge is 2.25. The minimum absolute atomic E-state index is 0.0514. The first kappa shape index (κ1) is 14.4. The molecule has 0 amide bonds. The van der Waals surface area contributed by atoms with Gasteiger partial charge < -0.3 is 5.73 Å². The lowest BCUT2D eigenvalue weighted by Crippen LogP contribution is -2.49. The van der Waals surface area contributed by atoms with Gasteiger partial charge in [-0.3, -0.25) is 4.98 Å². The molecule has 1 heterocycles. The molecule has 2 rings (SSSR count). The summed E-state index contributed by atoms with van der Waals surface area (Å²) >= 11 is 0. The summed E-state index contributed by atoms with van der Waals surface area (Å²) in [6.07, 6.45) is 7.73. The maximum absolute atomic E-state index is 12.0. The van der Waals surface area contributed by atoms with Gasteiger partial charge >= 0.3 is 0 Å². The monoisotopic (exact) mass is 283 g/mol. The van der Waals surface area contributed by atoms with Crippen molar-refractivity contribution >= 4 is 10.0 Å². The Bertz CT molecular complexity index is 490. The van der Waals surface area contributed by atoms with Gasteiger partial charge in [0.05, 0.1) is 5.75 Å². The largest absolute Gasteiger partial charge is 0.326 e. The standard InChI is InChI=1S/C13H21N3O2S/c14-12-3-1-2-4-13(12)16-19(17,18)10-7-11-5-8-15-9-6-11/h5-6,8-9,12-13,16H,1-4,7,10,14H2/t12-,13-/m1/s1. The number of sulfonamides is 1. The number of hydrogen-bond donors (Lipinski definition) is 2. The molecule has 1 aromatic rings. The van der Waals surface area contributed by atoms with E-state index in [4.69, 9.17) is 5.73 Å². The van der Waals surface area contributed by atoms with Crippen molar-refractivity contribution in [2.45, 2.75) is 44.2 Å². The third-order valence-electron chi connectivity index (χ3n) is 3.56. The van der Waals surface area contributed by atoms with Gasteiger partial charge in [-0.05, 0) is 37.0 Å². The van der Waals surface area contributed by atoms with E-state index in [-0.39, 0.29) is 17.8 Å². The number of nitrogens with two attached hydrogens (primary N) is 1. The first-order valence-corrected chi connectivity index (χ1v) is 8.36. The van der Waals surface area contributed by atoms with Crippen molar-refractivity contribution in [2.75, 3.05) is 5.75 Å². The van der Waals surface area contributed by atoms with E-state index in [2.05, 4.69) is 9.71 Å². The average Bonchev–Trinajstić information content (AvgIpc) is 2.40. The van der Waals surface area contributed by atoms with Crippen molar-refractivity contribution in [3.8, 4) is 0 Å². The fourth-order valence-electron chi connectivity index (χ4n) is 2.40. The van der Waals surface area contributed by atoms with Gasteiger partial charge in [0.1, 0.15) is 0 Å². The van der Waals surface area contributed by atoms with Crippen LogP contribution in [0, 0.1) is 0 Å². The number of nitrogens with zero attached hydrogens (tertiary/aromatic N) is 1. The topological polar surface area (TPSA) is 85.1 Å². The van der Waals surface area contributed by atoms with Crippen molar-refractivity contribution in [1.82, 2.24) is 9.71 Å². The quantitative estimate of drug-likeness (QED) is 0.837. The third kappa shape index (κ3) is 4.56. The molecule has 0 spiro atoms. The van der Waals surface area contributed by atoms with Crippen molar-refractivity contribution in [2.24, 2.45) is 5.73 Å². The van der Waals surface area contributed by atoms with E-state index in [0.29, 0.717) is 6.42 Å². The van der Waals surface area contributed by atoms with Gasteiger partial charge in [0.25, 0.3) is 0 Å². The van der Waals surface area contributed by atoms with Crippen LogP contribution in [0.3, 0.4) is 0 Å². The lowest BCUT2D eigenvalue weighted by Gasteiger charge is -2.29. The third-order valence-corrected chi connectivity index (χ3v) is 4.96. The van der Waals surface area contributed by atoms with Crippen LogP contribution in [-0.2, 0) is 16.4 Å².